The molecule has 7 rings (SSSR count). The van der Waals surface area contributed by atoms with Crippen LogP contribution in [0.4, 0.5) is 14.6 Å². The minimum atomic E-state index is -2.81. The summed E-state index contributed by atoms with van der Waals surface area (Å²) in [6, 6.07) is 16.2. The van der Waals surface area contributed by atoms with Crippen molar-refractivity contribution in [1.29, 1.82) is 0 Å². The molecule has 1 aromatic carbocycles. The number of fused-ring (bicyclic) bond motifs is 2. The average Bonchev–Trinajstić information content (AvgIpc) is 3.79. The Hall–Kier alpha value is -5.46. The number of nitrogens with one attached hydrogen (secondary N) is 1. The quantitative estimate of drug-likeness (QED) is 0.315. The van der Waals surface area contributed by atoms with Crippen LogP contribution in [-0.2, 0) is 6.42 Å². The maximum atomic E-state index is 12.9. The summed E-state index contributed by atoms with van der Waals surface area (Å²) in [7, 11) is 0. The summed E-state index contributed by atoms with van der Waals surface area (Å²) >= 11 is 0. The number of halogens is 2. The van der Waals surface area contributed by atoms with E-state index in [9.17, 15) is 13.6 Å². The van der Waals surface area contributed by atoms with Crippen LogP contribution in [0.25, 0.3) is 34.1 Å². The smallest absolute Gasteiger partial charge is 0.333 e. The molecule has 41 heavy (non-hydrogen) atoms. The average molecular weight is 553 g/mol. The van der Waals surface area contributed by atoms with Crippen molar-refractivity contribution < 1.29 is 13.6 Å². The second-order valence-corrected chi connectivity index (χ2v) is 9.58. The number of nitrogen functional groups attached to an aromatic ring is 1. The molecule has 6 aromatic rings. The van der Waals surface area contributed by atoms with Crippen molar-refractivity contribution in [3.63, 3.8) is 0 Å². The van der Waals surface area contributed by atoms with E-state index in [2.05, 4.69) is 20.5 Å². The summed E-state index contributed by atoms with van der Waals surface area (Å²) in [6.07, 6.45) is 7.59. The highest BCUT2D eigenvalue weighted by molar-refractivity contribution is 5.92. The first-order valence-electron chi connectivity index (χ1n) is 12.8. The molecule has 0 radical (unpaired) electrons. The Labute approximate surface area is 231 Å². The molecule has 0 aliphatic heterocycles. The zero-order valence-electron chi connectivity index (χ0n) is 21.4. The molecule has 0 saturated carbocycles. The van der Waals surface area contributed by atoms with Crippen LogP contribution in [0.2, 0.25) is 0 Å². The van der Waals surface area contributed by atoms with Gasteiger partial charge in [0.25, 0.3) is 5.91 Å². The number of carbonyl (C=O) groups is 1. The van der Waals surface area contributed by atoms with Crippen LogP contribution in [0.5, 0.6) is 0 Å². The molecule has 0 spiro atoms. The van der Waals surface area contributed by atoms with Gasteiger partial charge in [-0.05, 0) is 72.5 Å². The third kappa shape index (κ3) is 4.27. The predicted octanol–water partition coefficient (Wildman–Crippen LogP) is 4.26. The van der Waals surface area contributed by atoms with E-state index in [0.717, 1.165) is 23.0 Å². The van der Waals surface area contributed by atoms with E-state index < -0.39 is 12.5 Å². The number of carbonyl (C=O) groups excluding carboxylic acids is 1. The lowest BCUT2D eigenvalue weighted by atomic mass is 10.1. The largest absolute Gasteiger partial charge is 0.383 e. The lowest BCUT2D eigenvalue weighted by Gasteiger charge is -2.15. The number of aryl methyl sites for hydroxylation is 1. The van der Waals surface area contributed by atoms with Crippen LogP contribution in [-0.4, -0.2) is 45.0 Å². The van der Waals surface area contributed by atoms with E-state index in [1.165, 1.54) is 6.07 Å². The van der Waals surface area contributed by atoms with Gasteiger partial charge in [0.15, 0.2) is 17.3 Å². The normalized spacial score (nSPS) is 14.6. The highest BCUT2D eigenvalue weighted by Gasteiger charge is 2.27. The summed E-state index contributed by atoms with van der Waals surface area (Å²) < 4.78 is 29.9. The van der Waals surface area contributed by atoms with Gasteiger partial charge in [0, 0.05) is 30.5 Å². The van der Waals surface area contributed by atoms with E-state index in [4.69, 9.17) is 15.7 Å². The van der Waals surface area contributed by atoms with Gasteiger partial charge in [0.05, 0.1) is 11.6 Å². The second kappa shape index (κ2) is 9.62. The summed E-state index contributed by atoms with van der Waals surface area (Å²) in [5, 5.41) is 10.9. The Kier molecular flexibility index (Phi) is 5.77. The molecular formula is C28H22F2N10O. The number of hydrogen-bond acceptors (Lipinski definition) is 7. The van der Waals surface area contributed by atoms with Crippen molar-refractivity contribution in [1.82, 2.24) is 44.4 Å². The molecular weight excluding hydrogens is 530 g/mol. The first kappa shape index (κ1) is 24.6. The van der Waals surface area contributed by atoms with E-state index in [1.807, 2.05) is 53.2 Å². The zero-order valence-corrected chi connectivity index (χ0v) is 21.4. The topological polar surface area (TPSA) is 134 Å². The monoisotopic (exact) mass is 552 g/mol. The van der Waals surface area contributed by atoms with Gasteiger partial charge in [-0.15, -0.1) is 0 Å². The van der Waals surface area contributed by atoms with Gasteiger partial charge in [-0.2, -0.15) is 19.0 Å². The van der Waals surface area contributed by atoms with Crippen LogP contribution in [0, 0.1) is 0 Å². The molecule has 13 heteroatoms. The van der Waals surface area contributed by atoms with E-state index in [1.54, 1.807) is 23.1 Å². The van der Waals surface area contributed by atoms with E-state index in [0.29, 0.717) is 51.7 Å². The van der Waals surface area contributed by atoms with Crippen molar-refractivity contribution in [2.75, 3.05) is 5.73 Å². The van der Waals surface area contributed by atoms with Crippen LogP contribution >= 0.6 is 0 Å². The van der Waals surface area contributed by atoms with Crippen molar-refractivity contribution in [2.24, 2.45) is 0 Å². The molecule has 3 N–H and O–H groups in total. The third-order valence-corrected chi connectivity index (χ3v) is 7.12. The van der Waals surface area contributed by atoms with Crippen LogP contribution in [0.15, 0.2) is 79.4 Å². The Morgan fingerprint density at radius 2 is 1.95 bits per heavy atom. The van der Waals surface area contributed by atoms with Gasteiger partial charge in [-0.3, -0.25) is 9.36 Å². The summed E-state index contributed by atoms with van der Waals surface area (Å²) in [5.74, 6) is 1.06. The number of hydrogen-bond donors (Lipinski definition) is 2. The highest BCUT2D eigenvalue weighted by Crippen LogP contribution is 2.36. The number of pyridine rings is 2. The van der Waals surface area contributed by atoms with Gasteiger partial charge in [-0.25, -0.2) is 24.3 Å². The van der Waals surface area contributed by atoms with Crippen LogP contribution in [0.3, 0.4) is 0 Å². The molecule has 1 aliphatic carbocycles. The molecule has 1 atom stereocenters. The molecule has 5 aromatic heterocycles. The second-order valence-electron chi connectivity index (χ2n) is 9.58. The lowest BCUT2D eigenvalue weighted by molar-refractivity contribution is 0.0559. The number of rotatable bonds is 6. The molecule has 0 saturated heterocycles. The van der Waals surface area contributed by atoms with Crippen molar-refractivity contribution in [3.8, 4) is 22.9 Å². The molecule has 0 fully saturated rings. The fourth-order valence-corrected chi connectivity index (χ4v) is 5.20. The standard InChI is InChI=1S/C28H22F2N10O/c29-28(30)39-14-10-22(37-39)27(41)35-20-7-4-16-15-17(5-6-18(16)20)40-25(19-3-1-11-32-24(19)31)34-21-8-9-23(36-26(21)40)38-13-2-12-33-38/h1-3,5-6,8-15,20,28H,4,7H2,(H2,31,32)(H,35,41)/t20-/m0/s1. The molecule has 1 aliphatic rings. The van der Waals surface area contributed by atoms with E-state index >= 15 is 0 Å². The van der Waals surface area contributed by atoms with Gasteiger partial charge < -0.3 is 11.1 Å². The van der Waals surface area contributed by atoms with Crippen LogP contribution < -0.4 is 11.1 Å². The van der Waals surface area contributed by atoms with Crippen molar-refractivity contribution in [3.05, 3.63) is 96.2 Å². The number of anilines is 1. The molecule has 11 nitrogen and oxygen atoms in total. The number of alkyl halides is 2. The molecule has 0 unspecified atom stereocenters. The number of nitrogens with two attached hydrogens (primary N) is 1. The SMILES string of the molecule is Nc1ncccc1-c1nc2ccc(-n3cccn3)nc2n1-c1ccc2c(c1)CC[C@@H]2NC(=O)c1ccn(C(F)F)n1. The van der Waals surface area contributed by atoms with Crippen LogP contribution in [0.1, 0.15) is 40.6 Å². The van der Waals surface area contributed by atoms with Gasteiger partial charge in [-0.1, -0.05) is 6.07 Å². The Morgan fingerprint density at radius 1 is 1.05 bits per heavy atom. The molecule has 5 heterocycles. The third-order valence-electron chi connectivity index (χ3n) is 7.12. The Balaban J connectivity index is 1.28. The Morgan fingerprint density at radius 3 is 2.73 bits per heavy atom. The molecule has 204 valence electrons. The number of nitrogens with zero attached hydrogens (tertiary/aromatic N) is 8. The molecule has 1 amide bonds. The lowest BCUT2D eigenvalue weighted by Crippen LogP contribution is -2.27. The molecule has 0 bridgehead atoms. The van der Waals surface area contributed by atoms with Crippen molar-refractivity contribution >= 4 is 22.9 Å². The summed E-state index contributed by atoms with van der Waals surface area (Å²) in [5.41, 5.74) is 11.0. The van der Waals surface area contributed by atoms with Gasteiger partial charge >= 0.3 is 6.55 Å². The highest BCUT2D eigenvalue weighted by atomic mass is 19.3. The van der Waals surface area contributed by atoms with Gasteiger partial charge in [0.2, 0.25) is 0 Å². The number of aromatic nitrogens is 8. The number of imidazole rings is 1. The summed E-state index contributed by atoms with van der Waals surface area (Å²) in [6.45, 7) is -2.81. The maximum absolute atomic E-state index is 12.9. The van der Waals surface area contributed by atoms with Gasteiger partial charge in [0.1, 0.15) is 17.0 Å². The number of benzene rings is 1. The number of amides is 1. The predicted molar refractivity (Wildman–Crippen MR) is 146 cm³/mol. The minimum absolute atomic E-state index is 0.0574. The summed E-state index contributed by atoms with van der Waals surface area (Å²) in [4.78, 5) is 26.7. The maximum Gasteiger partial charge on any atom is 0.333 e. The van der Waals surface area contributed by atoms with E-state index in [-0.39, 0.29) is 11.7 Å². The fraction of sp³-hybridized carbons (Fsp3) is 0.143. The Bertz CT molecular complexity index is 1910. The van der Waals surface area contributed by atoms with Crippen molar-refractivity contribution in [2.45, 2.75) is 25.4 Å². The first-order valence-corrected chi connectivity index (χ1v) is 12.8. The zero-order chi connectivity index (χ0) is 28.1. The minimum Gasteiger partial charge on any atom is -0.383 e. The first-order chi connectivity index (χ1) is 20.0. The fourth-order valence-electron chi connectivity index (χ4n) is 5.20.